The average molecular weight is 457 g/mol. The molecular weight excluding hydrogens is 411 g/mol. The molecule has 2 N–H and O–H groups in total. The molecular formula is C21H45O6PS. The molecule has 0 heterocycles. The van der Waals surface area contributed by atoms with Crippen LogP contribution in [0.5, 0.6) is 0 Å². The Morgan fingerprint density at radius 1 is 0.759 bits per heavy atom. The lowest BCUT2D eigenvalue weighted by Crippen LogP contribution is -2.30. The van der Waals surface area contributed by atoms with Crippen molar-refractivity contribution in [2.75, 3.05) is 18.1 Å². The Morgan fingerprint density at radius 3 is 1.52 bits per heavy atom. The molecule has 0 aromatic heterocycles. The SMILES string of the molecule is CCCCCCCCCCCCCCCCS(=O)(=O)CC(C)(C)COP(=O)(O)O. The minimum Gasteiger partial charge on any atom is -0.303 e. The van der Waals surface area contributed by atoms with Gasteiger partial charge in [0, 0.05) is 5.41 Å². The predicted octanol–water partition coefficient (Wildman–Crippen LogP) is 6.02. The van der Waals surface area contributed by atoms with Crippen molar-refractivity contribution < 1.29 is 27.3 Å². The molecule has 0 saturated carbocycles. The van der Waals surface area contributed by atoms with Crippen LogP contribution in [0.15, 0.2) is 0 Å². The monoisotopic (exact) mass is 456 g/mol. The lowest BCUT2D eigenvalue weighted by Gasteiger charge is -2.24. The van der Waals surface area contributed by atoms with Crippen molar-refractivity contribution >= 4 is 17.7 Å². The van der Waals surface area contributed by atoms with Gasteiger partial charge in [0.1, 0.15) is 0 Å². The van der Waals surface area contributed by atoms with Gasteiger partial charge in [-0.1, -0.05) is 104 Å². The lowest BCUT2D eigenvalue weighted by atomic mass is 9.98. The van der Waals surface area contributed by atoms with E-state index in [0.717, 1.165) is 19.3 Å². The number of unbranched alkanes of at least 4 members (excludes halogenated alkanes) is 13. The van der Waals surface area contributed by atoms with E-state index in [1.54, 1.807) is 13.8 Å². The molecule has 0 bridgehead atoms. The number of phosphoric acid groups is 1. The molecule has 0 aliphatic rings. The zero-order valence-corrected chi connectivity index (χ0v) is 20.6. The quantitative estimate of drug-likeness (QED) is 0.172. The maximum Gasteiger partial charge on any atom is 0.469 e. The Balaban J connectivity index is 3.65. The smallest absolute Gasteiger partial charge is 0.303 e. The summed E-state index contributed by atoms with van der Waals surface area (Å²) < 4.78 is 39.7. The molecule has 0 aliphatic heterocycles. The Bertz CT molecular complexity index is 541. The molecule has 176 valence electrons. The normalized spacial score (nSPS) is 13.1. The van der Waals surface area contributed by atoms with Crippen LogP contribution in [0, 0.1) is 5.41 Å². The van der Waals surface area contributed by atoms with Crippen LogP contribution < -0.4 is 0 Å². The third-order valence-electron chi connectivity index (χ3n) is 5.04. The van der Waals surface area contributed by atoms with E-state index in [0.29, 0.717) is 6.42 Å². The van der Waals surface area contributed by atoms with E-state index in [2.05, 4.69) is 11.4 Å². The first-order valence-corrected chi connectivity index (χ1v) is 14.7. The summed E-state index contributed by atoms with van der Waals surface area (Å²) in [5, 5.41) is 0. The van der Waals surface area contributed by atoms with Gasteiger partial charge in [-0.2, -0.15) is 0 Å². The summed E-state index contributed by atoms with van der Waals surface area (Å²) in [4.78, 5) is 17.5. The molecule has 0 rings (SSSR count). The van der Waals surface area contributed by atoms with Gasteiger partial charge < -0.3 is 9.79 Å². The van der Waals surface area contributed by atoms with Gasteiger partial charge in [0.2, 0.25) is 0 Å². The first-order valence-electron chi connectivity index (χ1n) is 11.4. The molecule has 0 aromatic carbocycles. The van der Waals surface area contributed by atoms with E-state index < -0.39 is 23.1 Å². The summed E-state index contributed by atoms with van der Waals surface area (Å²) in [6.45, 7) is 5.25. The van der Waals surface area contributed by atoms with E-state index in [-0.39, 0.29) is 18.1 Å². The minimum absolute atomic E-state index is 0.127. The molecule has 0 atom stereocenters. The predicted molar refractivity (Wildman–Crippen MR) is 121 cm³/mol. The highest BCUT2D eigenvalue weighted by Crippen LogP contribution is 2.38. The van der Waals surface area contributed by atoms with Crippen molar-refractivity contribution in [2.24, 2.45) is 5.41 Å². The largest absolute Gasteiger partial charge is 0.469 e. The number of phosphoric ester groups is 1. The Morgan fingerprint density at radius 2 is 1.14 bits per heavy atom. The van der Waals surface area contributed by atoms with Gasteiger partial charge in [0.05, 0.1) is 18.1 Å². The van der Waals surface area contributed by atoms with Gasteiger partial charge in [-0.05, 0) is 6.42 Å². The second kappa shape index (κ2) is 15.8. The van der Waals surface area contributed by atoms with Gasteiger partial charge in [-0.3, -0.25) is 4.52 Å². The van der Waals surface area contributed by atoms with Crippen molar-refractivity contribution in [1.82, 2.24) is 0 Å². The van der Waals surface area contributed by atoms with Crippen molar-refractivity contribution in [2.45, 2.75) is 111 Å². The summed E-state index contributed by atoms with van der Waals surface area (Å²) in [6, 6.07) is 0. The fourth-order valence-corrected chi connectivity index (χ4v) is 6.06. The summed E-state index contributed by atoms with van der Waals surface area (Å²) in [6.07, 6.45) is 17.1. The first kappa shape index (κ1) is 29.1. The van der Waals surface area contributed by atoms with E-state index in [9.17, 15) is 13.0 Å². The molecule has 0 amide bonds. The van der Waals surface area contributed by atoms with Crippen LogP contribution in [-0.2, 0) is 18.9 Å². The van der Waals surface area contributed by atoms with Gasteiger partial charge in [0.25, 0.3) is 0 Å². The van der Waals surface area contributed by atoms with Crippen molar-refractivity contribution in [3.05, 3.63) is 0 Å². The maximum atomic E-state index is 12.2. The fourth-order valence-electron chi connectivity index (χ4n) is 3.48. The molecule has 8 heteroatoms. The van der Waals surface area contributed by atoms with Crippen molar-refractivity contribution in [3.8, 4) is 0 Å². The molecule has 0 spiro atoms. The Kier molecular flexibility index (Phi) is 15.8. The second-order valence-electron chi connectivity index (χ2n) is 9.12. The highest BCUT2D eigenvalue weighted by Gasteiger charge is 2.29. The summed E-state index contributed by atoms with van der Waals surface area (Å²) in [5.41, 5.74) is -0.823. The third-order valence-corrected chi connectivity index (χ3v) is 7.64. The van der Waals surface area contributed by atoms with Crippen LogP contribution in [0.25, 0.3) is 0 Å². The number of hydrogen-bond donors (Lipinski definition) is 2. The molecule has 0 fully saturated rings. The molecule has 0 radical (unpaired) electrons. The van der Waals surface area contributed by atoms with Crippen LogP contribution >= 0.6 is 7.82 Å². The first-order chi connectivity index (χ1) is 13.5. The fraction of sp³-hybridized carbons (Fsp3) is 1.00. The van der Waals surface area contributed by atoms with Crippen LogP contribution in [0.1, 0.15) is 111 Å². The van der Waals surface area contributed by atoms with E-state index >= 15 is 0 Å². The number of hydrogen-bond acceptors (Lipinski definition) is 4. The van der Waals surface area contributed by atoms with Gasteiger partial charge in [0.15, 0.2) is 9.84 Å². The van der Waals surface area contributed by atoms with Crippen LogP contribution in [0.4, 0.5) is 0 Å². The van der Waals surface area contributed by atoms with E-state index in [4.69, 9.17) is 9.79 Å². The van der Waals surface area contributed by atoms with Crippen LogP contribution in [0.3, 0.4) is 0 Å². The zero-order valence-electron chi connectivity index (χ0n) is 18.9. The standard InChI is InChI=1S/C21H45O6PS/c1-4-5-6-7-8-9-10-11-12-13-14-15-16-17-18-29(25,26)20-21(2,3)19-27-28(22,23)24/h4-20H2,1-3H3,(H2,22,23,24). The molecule has 0 saturated heterocycles. The molecule has 29 heavy (non-hydrogen) atoms. The number of sulfone groups is 1. The summed E-state index contributed by atoms with van der Waals surface area (Å²) in [7, 11) is -7.83. The third kappa shape index (κ3) is 21.1. The summed E-state index contributed by atoms with van der Waals surface area (Å²) >= 11 is 0. The van der Waals surface area contributed by atoms with Crippen molar-refractivity contribution in [1.29, 1.82) is 0 Å². The van der Waals surface area contributed by atoms with Gasteiger partial charge in [-0.15, -0.1) is 0 Å². The Labute approximate surface area is 179 Å². The molecule has 0 unspecified atom stereocenters. The lowest BCUT2D eigenvalue weighted by molar-refractivity contribution is 0.140. The second-order valence-corrected chi connectivity index (χ2v) is 12.5. The van der Waals surface area contributed by atoms with E-state index in [1.807, 2.05) is 0 Å². The summed E-state index contributed by atoms with van der Waals surface area (Å²) in [5.74, 6) is 0.00279. The Hall–Kier alpha value is 0.0600. The molecule has 6 nitrogen and oxygen atoms in total. The van der Waals surface area contributed by atoms with E-state index in [1.165, 1.54) is 64.2 Å². The average Bonchev–Trinajstić information content (AvgIpc) is 2.59. The highest BCUT2D eigenvalue weighted by atomic mass is 32.2. The molecule has 0 aromatic rings. The maximum absolute atomic E-state index is 12.2. The molecule has 0 aliphatic carbocycles. The van der Waals surface area contributed by atoms with Crippen molar-refractivity contribution in [3.63, 3.8) is 0 Å². The van der Waals surface area contributed by atoms with Crippen LogP contribution in [-0.4, -0.2) is 36.3 Å². The van der Waals surface area contributed by atoms with Gasteiger partial charge >= 0.3 is 7.82 Å². The zero-order chi connectivity index (χ0) is 22.2. The highest BCUT2D eigenvalue weighted by molar-refractivity contribution is 7.91. The van der Waals surface area contributed by atoms with Gasteiger partial charge in [-0.25, -0.2) is 13.0 Å². The minimum atomic E-state index is -4.57. The topological polar surface area (TPSA) is 101 Å². The number of rotatable bonds is 20. The van der Waals surface area contributed by atoms with Crippen LogP contribution in [0.2, 0.25) is 0 Å².